The van der Waals surface area contributed by atoms with Crippen molar-refractivity contribution in [1.82, 2.24) is 5.32 Å². The standard InChI is InChI=1S/C14H16N2O3/c1-18-11-4-2-3-10(7-11)9-16-14(17)13-6-5-12(8-15)19-13/h2-7H,8-9,15H2,1H3,(H,16,17). The molecular weight excluding hydrogens is 244 g/mol. The summed E-state index contributed by atoms with van der Waals surface area (Å²) in [6.07, 6.45) is 0. The quantitative estimate of drug-likeness (QED) is 0.857. The van der Waals surface area contributed by atoms with Crippen LogP contribution in [-0.4, -0.2) is 13.0 Å². The first-order valence-corrected chi connectivity index (χ1v) is 5.93. The highest BCUT2D eigenvalue weighted by Gasteiger charge is 2.10. The Balaban J connectivity index is 1.96. The van der Waals surface area contributed by atoms with Crippen molar-refractivity contribution in [3.05, 3.63) is 53.5 Å². The number of ether oxygens (including phenoxy) is 1. The number of nitrogens with two attached hydrogens (primary N) is 1. The minimum Gasteiger partial charge on any atom is -0.497 e. The SMILES string of the molecule is COc1cccc(CNC(=O)c2ccc(CN)o2)c1. The summed E-state index contributed by atoms with van der Waals surface area (Å²) < 4.78 is 10.4. The molecule has 5 heteroatoms. The molecule has 0 fully saturated rings. The third-order valence-electron chi connectivity index (χ3n) is 2.67. The minimum absolute atomic E-state index is 0.262. The maximum Gasteiger partial charge on any atom is 0.287 e. The third-order valence-corrected chi connectivity index (χ3v) is 2.67. The molecule has 0 saturated heterocycles. The molecule has 0 bridgehead atoms. The molecule has 0 spiro atoms. The summed E-state index contributed by atoms with van der Waals surface area (Å²) in [5.74, 6) is 1.35. The van der Waals surface area contributed by atoms with Gasteiger partial charge in [0.25, 0.3) is 5.91 Å². The van der Waals surface area contributed by atoms with Crippen molar-refractivity contribution in [1.29, 1.82) is 0 Å². The van der Waals surface area contributed by atoms with Crippen LogP contribution < -0.4 is 15.8 Å². The molecule has 2 aromatic rings. The monoisotopic (exact) mass is 260 g/mol. The average Bonchev–Trinajstić information content (AvgIpc) is 2.94. The minimum atomic E-state index is -0.262. The summed E-state index contributed by atoms with van der Waals surface area (Å²) in [6, 6.07) is 10.8. The first-order chi connectivity index (χ1) is 9.22. The molecule has 1 heterocycles. The first-order valence-electron chi connectivity index (χ1n) is 5.93. The molecule has 0 radical (unpaired) electrons. The highest BCUT2D eigenvalue weighted by Crippen LogP contribution is 2.12. The summed E-state index contributed by atoms with van der Waals surface area (Å²) in [4.78, 5) is 11.8. The summed E-state index contributed by atoms with van der Waals surface area (Å²) in [7, 11) is 1.61. The summed E-state index contributed by atoms with van der Waals surface area (Å²) in [5, 5.41) is 2.77. The molecule has 100 valence electrons. The van der Waals surface area contributed by atoms with E-state index in [1.807, 2.05) is 24.3 Å². The van der Waals surface area contributed by atoms with E-state index in [0.717, 1.165) is 11.3 Å². The zero-order valence-electron chi connectivity index (χ0n) is 10.7. The van der Waals surface area contributed by atoms with Crippen molar-refractivity contribution in [3.63, 3.8) is 0 Å². The van der Waals surface area contributed by atoms with Crippen LogP contribution in [-0.2, 0) is 13.1 Å². The molecule has 3 N–H and O–H groups in total. The normalized spacial score (nSPS) is 10.2. The fourth-order valence-corrected chi connectivity index (χ4v) is 1.66. The van der Waals surface area contributed by atoms with Crippen LogP contribution in [0.3, 0.4) is 0 Å². The van der Waals surface area contributed by atoms with Crippen molar-refractivity contribution in [2.24, 2.45) is 5.73 Å². The van der Waals surface area contributed by atoms with E-state index in [2.05, 4.69) is 5.32 Å². The van der Waals surface area contributed by atoms with E-state index < -0.39 is 0 Å². The highest BCUT2D eigenvalue weighted by molar-refractivity contribution is 5.91. The lowest BCUT2D eigenvalue weighted by molar-refractivity contribution is 0.0921. The summed E-state index contributed by atoms with van der Waals surface area (Å²) in [6.45, 7) is 0.692. The molecule has 19 heavy (non-hydrogen) atoms. The van der Waals surface area contributed by atoms with Gasteiger partial charge in [0.2, 0.25) is 0 Å². The maximum atomic E-state index is 11.8. The van der Waals surface area contributed by atoms with E-state index in [9.17, 15) is 4.79 Å². The second kappa shape index (κ2) is 6.06. The molecule has 1 aromatic heterocycles. The number of rotatable bonds is 5. The Bertz CT molecular complexity index is 563. The Hall–Kier alpha value is -2.27. The van der Waals surface area contributed by atoms with Gasteiger partial charge in [0.05, 0.1) is 13.7 Å². The molecule has 0 atom stereocenters. The van der Waals surface area contributed by atoms with Gasteiger partial charge in [-0.15, -0.1) is 0 Å². The fourth-order valence-electron chi connectivity index (χ4n) is 1.66. The van der Waals surface area contributed by atoms with Gasteiger partial charge < -0.3 is 20.2 Å². The molecule has 2 rings (SSSR count). The predicted octanol–water partition coefficient (Wildman–Crippen LogP) is 1.68. The van der Waals surface area contributed by atoms with Gasteiger partial charge in [-0.25, -0.2) is 0 Å². The van der Waals surface area contributed by atoms with Crippen LogP contribution in [0.2, 0.25) is 0 Å². The van der Waals surface area contributed by atoms with Crippen LogP contribution in [0.25, 0.3) is 0 Å². The molecule has 0 aliphatic carbocycles. The van der Waals surface area contributed by atoms with E-state index in [1.54, 1.807) is 19.2 Å². The van der Waals surface area contributed by atoms with Crippen LogP contribution in [0, 0.1) is 0 Å². The van der Waals surface area contributed by atoms with Gasteiger partial charge in [0.15, 0.2) is 5.76 Å². The van der Waals surface area contributed by atoms with Crippen LogP contribution >= 0.6 is 0 Å². The van der Waals surface area contributed by atoms with E-state index in [0.29, 0.717) is 12.3 Å². The van der Waals surface area contributed by atoms with Crippen molar-refractivity contribution in [2.75, 3.05) is 7.11 Å². The summed E-state index contributed by atoms with van der Waals surface area (Å²) in [5.41, 5.74) is 6.38. The molecule has 0 saturated carbocycles. The molecule has 0 aliphatic heterocycles. The van der Waals surface area contributed by atoms with Gasteiger partial charge in [-0.1, -0.05) is 12.1 Å². The van der Waals surface area contributed by atoms with Crippen molar-refractivity contribution in [3.8, 4) is 5.75 Å². The molecule has 1 aromatic carbocycles. The second-order valence-electron chi connectivity index (χ2n) is 4.00. The average molecular weight is 260 g/mol. The predicted molar refractivity (Wildman–Crippen MR) is 70.8 cm³/mol. The fraction of sp³-hybridized carbons (Fsp3) is 0.214. The topological polar surface area (TPSA) is 77.5 Å². The number of furan rings is 1. The zero-order chi connectivity index (χ0) is 13.7. The second-order valence-corrected chi connectivity index (χ2v) is 4.00. The smallest absolute Gasteiger partial charge is 0.287 e. The van der Waals surface area contributed by atoms with Gasteiger partial charge in [0, 0.05) is 6.54 Å². The van der Waals surface area contributed by atoms with Gasteiger partial charge in [0.1, 0.15) is 11.5 Å². The van der Waals surface area contributed by atoms with E-state index >= 15 is 0 Å². The number of nitrogens with one attached hydrogen (secondary N) is 1. The molecule has 5 nitrogen and oxygen atoms in total. The number of methoxy groups -OCH3 is 1. The van der Waals surface area contributed by atoms with E-state index in [1.165, 1.54) is 0 Å². The number of hydrogen-bond donors (Lipinski definition) is 2. The Kier molecular flexibility index (Phi) is 4.20. The van der Waals surface area contributed by atoms with Crippen molar-refractivity contribution >= 4 is 5.91 Å². The van der Waals surface area contributed by atoms with Crippen LogP contribution in [0.15, 0.2) is 40.8 Å². The van der Waals surface area contributed by atoms with Gasteiger partial charge in [-0.3, -0.25) is 4.79 Å². The van der Waals surface area contributed by atoms with Crippen molar-refractivity contribution in [2.45, 2.75) is 13.1 Å². The molecule has 0 unspecified atom stereocenters. The van der Waals surface area contributed by atoms with E-state index in [4.69, 9.17) is 14.9 Å². The lowest BCUT2D eigenvalue weighted by atomic mass is 10.2. The number of carbonyl (C=O) groups is 1. The molecule has 1 amide bonds. The van der Waals surface area contributed by atoms with Crippen LogP contribution in [0.5, 0.6) is 5.75 Å². The Morgan fingerprint density at radius 3 is 2.89 bits per heavy atom. The first kappa shape index (κ1) is 13.2. The van der Waals surface area contributed by atoms with Crippen molar-refractivity contribution < 1.29 is 13.9 Å². The largest absolute Gasteiger partial charge is 0.497 e. The Morgan fingerprint density at radius 2 is 2.21 bits per heavy atom. The van der Waals surface area contributed by atoms with Crippen LogP contribution in [0.1, 0.15) is 21.9 Å². The maximum absolute atomic E-state index is 11.8. The van der Waals surface area contributed by atoms with Gasteiger partial charge in [-0.05, 0) is 29.8 Å². The number of amides is 1. The number of benzene rings is 1. The zero-order valence-corrected chi connectivity index (χ0v) is 10.7. The van der Waals surface area contributed by atoms with E-state index in [-0.39, 0.29) is 18.2 Å². The highest BCUT2D eigenvalue weighted by atomic mass is 16.5. The van der Waals surface area contributed by atoms with Gasteiger partial charge in [-0.2, -0.15) is 0 Å². The third kappa shape index (κ3) is 3.35. The Labute approximate surface area is 111 Å². The number of hydrogen-bond acceptors (Lipinski definition) is 4. The van der Waals surface area contributed by atoms with Gasteiger partial charge >= 0.3 is 0 Å². The lowest BCUT2D eigenvalue weighted by Gasteiger charge is -2.05. The summed E-state index contributed by atoms with van der Waals surface area (Å²) >= 11 is 0. The Morgan fingerprint density at radius 1 is 1.37 bits per heavy atom. The molecule has 0 aliphatic rings. The number of carbonyl (C=O) groups excluding carboxylic acids is 1. The lowest BCUT2D eigenvalue weighted by Crippen LogP contribution is -2.22. The van der Waals surface area contributed by atoms with Crippen LogP contribution in [0.4, 0.5) is 0 Å². The molecular formula is C14H16N2O3.